The van der Waals surface area contributed by atoms with Crippen LogP contribution < -0.4 is 5.32 Å². The van der Waals surface area contributed by atoms with Crippen LogP contribution in [0.1, 0.15) is 213 Å². The molecule has 0 aromatic heterocycles. The van der Waals surface area contributed by atoms with E-state index in [4.69, 9.17) is 9.05 Å². The van der Waals surface area contributed by atoms with Gasteiger partial charge in [-0.2, -0.15) is 0 Å². The number of aliphatic hydroxyl groups excluding tert-OH is 1. The van der Waals surface area contributed by atoms with Gasteiger partial charge in [0, 0.05) is 6.42 Å². The van der Waals surface area contributed by atoms with Crippen molar-refractivity contribution in [1.29, 1.82) is 0 Å². The Morgan fingerprint density at radius 1 is 0.507 bits per heavy atom. The monoisotopic (exact) mass is 982 g/mol. The number of aliphatic hydroxyl groups is 1. The number of allylic oxidation sites excluding steroid dienone is 17. The third-order valence-electron chi connectivity index (χ3n) is 11.7. The Hall–Kier alpha value is -2.84. The normalized spacial score (nSPS) is 14.8. The smallest absolute Gasteiger partial charge is 0.387 e. The number of amides is 1. The second-order valence-electron chi connectivity index (χ2n) is 19.6. The summed E-state index contributed by atoms with van der Waals surface area (Å²) in [5, 5.41) is 13.7. The van der Waals surface area contributed by atoms with E-state index in [0.717, 1.165) is 83.5 Å². The summed E-state index contributed by atoms with van der Waals surface area (Å²) in [5.41, 5.74) is 0. The van der Waals surface area contributed by atoms with E-state index in [0.29, 0.717) is 17.4 Å². The van der Waals surface area contributed by atoms with Crippen molar-refractivity contribution in [3.8, 4) is 0 Å². The van der Waals surface area contributed by atoms with E-state index in [2.05, 4.69) is 116 Å². The molecular formula is C60H106N2O6P+. The zero-order valence-corrected chi connectivity index (χ0v) is 45.9. The number of hydrogen-bond acceptors (Lipinski definition) is 5. The van der Waals surface area contributed by atoms with Crippen molar-refractivity contribution < 1.29 is 32.9 Å². The van der Waals surface area contributed by atoms with Crippen LogP contribution in [-0.2, 0) is 18.4 Å². The first-order valence-corrected chi connectivity index (χ1v) is 29.3. The lowest BCUT2D eigenvalue weighted by Gasteiger charge is -2.25. The lowest BCUT2D eigenvalue weighted by molar-refractivity contribution is -0.870. The van der Waals surface area contributed by atoms with Crippen LogP contribution in [-0.4, -0.2) is 73.4 Å². The van der Waals surface area contributed by atoms with Crippen molar-refractivity contribution in [2.75, 3.05) is 40.9 Å². The van der Waals surface area contributed by atoms with Crippen molar-refractivity contribution in [3.05, 3.63) is 109 Å². The fourth-order valence-corrected chi connectivity index (χ4v) is 8.11. The van der Waals surface area contributed by atoms with Gasteiger partial charge in [0.1, 0.15) is 13.2 Å². The number of unbranched alkanes of at least 4 members (excludes halogenated alkanes) is 20. The molecule has 0 rings (SSSR count). The standard InChI is InChI=1S/C60H105N2O6P/c1-6-8-10-12-14-16-17-18-19-20-21-22-23-24-25-26-27-28-29-30-31-32-33-34-35-36-37-38-39-40-41-42-43-44-45-46-48-50-52-54-60(64)61-58(57-68-69(65,66)67-56-55-62(3,4)5)59(63)53-51-49-47-15-13-11-9-7-2/h8,10,13-16,18-19,21-22,24-25,27-28,30-31,51,53,58-59,63H,6-7,9,11-12,17,20,23,26,29,32-50,52,54-57H2,1-5H3,(H-,61,64,65,66)/p+1/b10-8-,15-13+,16-14-,19-18-,22-21-,25-24-,28-27-,31-30-,53-51+. The number of rotatable bonds is 49. The predicted octanol–water partition coefficient (Wildman–Crippen LogP) is 16.8. The van der Waals surface area contributed by atoms with Gasteiger partial charge in [0.05, 0.1) is 39.9 Å². The summed E-state index contributed by atoms with van der Waals surface area (Å²) in [6.45, 7) is 4.59. The van der Waals surface area contributed by atoms with Gasteiger partial charge < -0.3 is 19.8 Å². The van der Waals surface area contributed by atoms with Gasteiger partial charge in [0.25, 0.3) is 0 Å². The van der Waals surface area contributed by atoms with Crippen LogP contribution in [0, 0.1) is 0 Å². The zero-order valence-electron chi connectivity index (χ0n) is 45.0. The van der Waals surface area contributed by atoms with Gasteiger partial charge in [-0.15, -0.1) is 0 Å². The molecule has 0 fully saturated rings. The summed E-state index contributed by atoms with van der Waals surface area (Å²) in [4.78, 5) is 23.1. The predicted molar refractivity (Wildman–Crippen MR) is 299 cm³/mol. The van der Waals surface area contributed by atoms with E-state index in [1.165, 1.54) is 109 Å². The Kier molecular flexibility index (Phi) is 48.1. The highest BCUT2D eigenvalue weighted by atomic mass is 31.2. The SMILES string of the molecule is CC/C=C\C/C=C\C/C=C\C/C=C\C/C=C\C/C=C\C/C=C\CCCCCCCCCCCCCCCCCCCC(=O)NC(COP(=O)(O)OCC[N+](C)(C)C)C(O)/C=C/CC/C=C/CCCC. The molecule has 8 nitrogen and oxygen atoms in total. The van der Waals surface area contributed by atoms with Gasteiger partial charge in [0.2, 0.25) is 5.91 Å². The van der Waals surface area contributed by atoms with Gasteiger partial charge in [-0.1, -0.05) is 232 Å². The van der Waals surface area contributed by atoms with Crippen molar-refractivity contribution >= 4 is 13.7 Å². The maximum Gasteiger partial charge on any atom is 0.472 e. The fraction of sp³-hybridized carbons (Fsp3) is 0.683. The molecular weight excluding hydrogens is 876 g/mol. The largest absolute Gasteiger partial charge is 0.472 e. The van der Waals surface area contributed by atoms with Crippen molar-refractivity contribution in [3.63, 3.8) is 0 Å². The molecule has 0 aliphatic rings. The molecule has 396 valence electrons. The van der Waals surface area contributed by atoms with E-state index >= 15 is 0 Å². The topological polar surface area (TPSA) is 105 Å². The van der Waals surface area contributed by atoms with Gasteiger partial charge in [0.15, 0.2) is 0 Å². The number of nitrogens with zero attached hydrogens (tertiary/aromatic N) is 1. The van der Waals surface area contributed by atoms with E-state index in [-0.39, 0.29) is 19.1 Å². The van der Waals surface area contributed by atoms with E-state index in [1.54, 1.807) is 6.08 Å². The Balaban J connectivity index is 3.90. The molecule has 0 aromatic carbocycles. The molecule has 0 bridgehead atoms. The molecule has 0 spiro atoms. The van der Waals surface area contributed by atoms with Crippen molar-refractivity contribution in [2.24, 2.45) is 0 Å². The molecule has 3 N–H and O–H groups in total. The summed E-state index contributed by atoms with van der Waals surface area (Å²) < 4.78 is 23.5. The van der Waals surface area contributed by atoms with E-state index < -0.39 is 20.0 Å². The molecule has 0 aliphatic heterocycles. The lowest BCUT2D eigenvalue weighted by Crippen LogP contribution is -2.45. The second kappa shape index (κ2) is 50.1. The number of hydrogen-bond donors (Lipinski definition) is 3. The molecule has 1 amide bonds. The number of carbonyl (C=O) groups is 1. The van der Waals surface area contributed by atoms with Crippen LogP contribution in [0.5, 0.6) is 0 Å². The van der Waals surface area contributed by atoms with Crippen LogP contribution in [0.2, 0.25) is 0 Å². The molecule has 0 saturated carbocycles. The van der Waals surface area contributed by atoms with Gasteiger partial charge in [-0.25, -0.2) is 4.57 Å². The van der Waals surface area contributed by atoms with Crippen molar-refractivity contribution in [2.45, 2.75) is 225 Å². The van der Waals surface area contributed by atoms with Crippen LogP contribution in [0.4, 0.5) is 0 Å². The number of phosphoric acid groups is 1. The molecule has 0 radical (unpaired) electrons. The summed E-state index contributed by atoms with van der Waals surface area (Å²) in [7, 11) is 1.54. The highest BCUT2D eigenvalue weighted by molar-refractivity contribution is 7.47. The van der Waals surface area contributed by atoms with Crippen LogP contribution in [0.3, 0.4) is 0 Å². The highest BCUT2D eigenvalue weighted by Crippen LogP contribution is 2.43. The quantitative estimate of drug-likeness (QED) is 0.0243. The Labute approximate surface area is 425 Å². The van der Waals surface area contributed by atoms with Crippen molar-refractivity contribution in [1.82, 2.24) is 5.32 Å². The molecule has 0 aliphatic carbocycles. The summed E-state index contributed by atoms with van der Waals surface area (Å²) >= 11 is 0. The van der Waals surface area contributed by atoms with Crippen LogP contribution >= 0.6 is 7.82 Å². The average molecular weight is 982 g/mol. The highest BCUT2D eigenvalue weighted by Gasteiger charge is 2.27. The third-order valence-corrected chi connectivity index (χ3v) is 12.7. The number of likely N-dealkylation sites (N-methyl/N-ethyl adjacent to an activating group) is 1. The minimum Gasteiger partial charge on any atom is -0.387 e. The number of nitrogens with one attached hydrogen (secondary N) is 1. The average Bonchev–Trinajstić information content (AvgIpc) is 3.31. The molecule has 0 saturated heterocycles. The van der Waals surface area contributed by atoms with E-state index in [1.807, 2.05) is 27.2 Å². The summed E-state index contributed by atoms with van der Waals surface area (Å²) in [6.07, 6.45) is 73.7. The van der Waals surface area contributed by atoms with Gasteiger partial charge in [-0.3, -0.25) is 13.8 Å². The zero-order chi connectivity index (χ0) is 50.6. The fourth-order valence-electron chi connectivity index (χ4n) is 7.38. The molecule has 0 heterocycles. The minimum atomic E-state index is -4.35. The first-order chi connectivity index (χ1) is 33.5. The second-order valence-corrected chi connectivity index (χ2v) is 21.0. The molecule has 0 aromatic rings. The van der Waals surface area contributed by atoms with Gasteiger partial charge in [-0.05, 0) is 83.5 Å². The maximum atomic E-state index is 12.9. The molecule has 9 heteroatoms. The maximum absolute atomic E-state index is 12.9. The minimum absolute atomic E-state index is 0.0525. The number of quaternary nitrogens is 1. The molecule has 3 atom stereocenters. The van der Waals surface area contributed by atoms with E-state index in [9.17, 15) is 19.4 Å². The number of carbonyl (C=O) groups excluding carboxylic acids is 1. The summed E-state index contributed by atoms with van der Waals surface area (Å²) in [5.74, 6) is -0.194. The Morgan fingerprint density at radius 2 is 0.884 bits per heavy atom. The number of phosphoric ester groups is 1. The third kappa shape index (κ3) is 52.8. The Morgan fingerprint density at radius 3 is 1.33 bits per heavy atom. The molecule has 3 unspecified atom stereocenters. The Bertz CT molecular complexity index is 1490. The van der Waals surface area contributed by atoms with Crippen LogP contribution in [0.15, 0.2) is 109 Å². The first kappa shape index (κ1) is 66.2. The lowest BCUT2D eigenvalue weighted by atomic mass is 10.0. The first-order valence-electron chi connectivity index (χ1n) is 27.8. The molecule has 69 heavy (non-hydrogen) atoms. The van der Waals surface area contributed by atoms with Gasteiger partial charge >= 0.3 is 7.82 Å². The summed E-state index contributed by atoms with van der Waals surface area (Å²) in [6, 6.07) is -0.865. The van der Waals surface area contributed by atoms with Crippen LogP contribution in [0.25, 0.3) is 0 Å².